The van der Waals surface area contributed by atoms with Crippen LogP contribution in [0.15, 0.2) is 0 Å². The highest BCUT2D eigenvalue weighted by atomic mass is 16.3. The molecule has 0 radical (unpaired) electrons. The zero-order valence-corrected chi connectivity index (χ0v) is 12.3. The van der Waals surface area contributed by atoms with Crippen molar-refractivity contribution in [3.8, 4) is 0 Å². The molecule has 0 aromatic carbocycles. The third kappa shape index (κ3) is 3.48. The second-order valence-corrected chi connectivity index (χ2v) is 6.59. The molecule has 2 aliphatic rings. The molecule has 1 N–H and O–H groups in total. The van der Waals surface area contributed by atoms with Crippen LogP contribution in [0.3, 0.4) is 0 Å². The SMILES string of the molecule is CCC(C)CN1CCCCC1C1CCCCC1O. The molecule has 1 aliphatic carbocycles. The third-order valence-electron chi connectivity index (χ3n) is 5.18. The fraction of sp³-hybridized carbons (Fsp3) is 1.00. The van der Waals surface area contributed by atoms with Crippen LogP contribution in [0.2, 0.25) is 0 Å². The Labute approximate surface area is 113 Å². The molecule has 0 spiro atoms. The van der Waals surface area contributed by atoms with Gasteiger partial charge in [-0.1, -0.05) is 39.5 Å². The largest absolute Gasteiger partial charge is 0.393 e. The van der Waals surface area contributed by atoms with Crippen LogP contribution in [-0.2, 0) is 0 Å². The molecular formula is C16H31NO. The lowest BCUT2D eigenvalue weighted by Gasteiger charge is -2.44. The minimum atomic E-state index is -0.0266. The molecule has 0 aromatic rings. The van der Waals surface area contributed by atoms with Crippen molar-refractivity contribution >= 4 is 0 Å². The van der Waals surface area contributed by atoms with Crippen molar-refractivity contribution < 1.29 is 5.11 Å². The van der Waals surface area contributed by atoms with Crippen molar-refractivity contribution in [1.29, 1.82) is 0 Å². The van der Waals surface area contributed by atoms with Gasteiger partial charge in [0.15, 0.2) is 0 Å². The molecule has 1 saturated heterocycles. The van der Waals surface area contributed by atoms with Crippen LogP contribution in [0.1, 0.15) is 65.2 Å². The first kappa shape index (κ1) is 14.3. The van der Waals surface area contributed by atoms with E-state index >= 15 is 0 Å². The molecule has 18 heavy (non-hydrogen) atoms. The number of aliphatic hydroxyl groups excluding tert-OH is 1. The number of aliphatic hydroxyl groups is 1. The standard InChI is InChI=1S/C16H31NO/c1-3-13(2)12-17-11-7-6-9-15(17)14-8-4-5-10-16(14)18/h13-16,18H,3-12H2,1-2H3. The summed E-state index contributed by atoms with van der Waals surface area (Å²) >= 11 is 0. The average molecular weight is 253 g/mol. The van der Waals surface area contributed by atoms with Gasteiger partial charge in [-0.15, -0.1) is 0 Å². The Hall–Kier alpha value is -0.0800. The van der Waals surface area contributed by atoms with Crippen LogP contribution in [0.25, 0.3) is 0 Å². The van der Waals surface area contributed by atoms with Crippen LogP contribution in [0.4, 0.5) is 0 Å². The first-order valence-electron chi connectivity index (χ1n) is 8.14. The van der Waals surface area contributed by atoms with Gasteiger partial charge in [0.05, 0.1) is 6.10 Å². The molecule has 2 rings (SSSR count). The lowest BCUT2D eigenvalue weighted by Crippen LogP contribution is -2.49. The Balaban J connectivity index is 1.97. The normalized spacial score (nSPS) is 36.5. The zero-order valence-electron chi connectivity index (χ0n) is 12.3. The third-order valence-corrected chi connectivity index (χ3v) is 5.18. The van der Waals surface area contributed by atoms with E-state index in [2.05, 4.69) is 18.7 Å². The molecule has 2 nitrogen and oxygen atoms in total. The number of rotatable bonds is 4. The monoisotopic (exact) mass is 253 g/mol. The van der Waals surface area contributed by atoms with Crippen LogP contribution >= 0.6 is 0 Å². The second-order valence-electron chi connectivity index (χ2n) is 6.59. The van der Waals surface area contributed by atoms with Crippen molar-refractivity contribution in [3.05, 3.63) is 0 Å². The first-order chi connectivity index (χ1) is 8.72. The van der Waals surface area contributed by atoms with Gasteiger partial charge in [-0.05, 0) is 38.1 Å². The number of nitrogens with zero attached hydrogens (tertiary/aromatic N) is 1. The summed E-state index contributed by atoms with van der Waals surface area (Å²) in [6.07, 6.45) is 10.1. The Morgan fingerprint density at radius 3 is 2.56 bits per heavy atom. The van der Waals surface area contributed by atoms with E-state index in [1.165, 1.54) is 58.0 Å². The molecule has 4 unspecified atom stereocenters. The molecule has 2 heteroatoms. The molecule has 2 fully saturated rings. The molecule has 0 aromatic heterocycles. The van der Waals surface area contributed by atoms with E-state index in [4.69, 9.17) is 0 Å². The van der Waals surface area contributed by atoms with Crippen molar-refractivity contribution in [2.24, 2.45) is 11.8 Å². The number of hydrogen-bond donors (Lipinski definition) is 1. The fourth-order valence-corrected chi connectivity index (χ4v) is 3.85. The summed E-state index contributed by atoms with van der Waals surface area (Å²) in [4.78, 5) is 2.71. The molecule has 0 bridgehead atoms. The van der Waals surface area contributed by atoms with E-state index in [-0.39, 0.29) is 6.10 Å². The quantitative estimate of drug-likeness (QED) is 0.829. The number of likely N-dealkylation sites (tertiary alicyclic amines) is 1. The summed E-state index contributed by atoms with van der Waals surface area (Å²) in [7, 11) is 0. The van der Waals surface area contributed by atoms with Crippen LogP contribution in [-0.4, -0.2) is 35.2 Å². The Kier molecular flexibility index (Phi) is 5.50. The fourth-order valence-electron chi connectivity index (χ4n) is 3.85. The molecule has 0 amide bonds. The van der Waals surface area contributed by atoms with E-state index in [1.54, 1.807) is 0 Å². The minimum Gasteiger partial charge on any atom is -0.393 e. The minimum absolute atomic E-state index is 0.0266. The predicted molar refractivity (Wildman–Crippen MR) is 76.6 cm³/mol. The van der Waals surface area contributed by atoms with Gasteiger partial charge in [-0.3, -0.25) is 4.90 Å². The predicted octanol–water partition coefficient (Wildman–Crippen LogP) is 3.44. The van der Waals surface area contributed by atoms with Gasteiger partial charge in [0, 0.05) is 18.5 Å². The summed E-state index contributed by atoms with van der Waals surface area (Å²) in [6.45, 7) is 7.16. The highest BCUT2D eigenvalue weighted by Crippen LogP contribution is 2.34. The van der Waals surface area contributed by atoms with E-state index in [1.807, 2.05) is 0 Å². The lowest BCUT2D eigenvalue weighted by atomic mass is 9.77. The molecular weight excluding hydrogens is 222 g/mol. The molecule has 1 heterocycles. The Bertz CT molecular complexity index is 243. The summed E-state index contributed by atoms with van der Waals surface area (Å²) in [6, 6.07) is 0.669. The summed E-state index contributed by atoms with van der Waals surface area (Å²) < 4.78 is 0. The van der Waals surface area contributed by atoms with Crippen molar-refractivity contribution in [2.75, 3.05) is 13.1 Å². The Morgan fingerprint density at radius 1 is 1.11 bits per heavy atom. The van der Waals surface area contributed by atoms with E-state index in [0.717, 1.165) is 12.3 Å². The van der Waals surface area contributed by atoms with Crippen LogP contribution in [0.5, 0.6) is 0 Å². The number of piperidine rings is 1. The maximum Gasteiger partial charge on any atom is 0.0583 e. The summed E-state index contributed by atoms with van der Waals surface area (Å²) in [5.74, 6) is 1.36. The highest BCUT2D eigenvalue weighted by molar-refractivity contribution is 4.89. The van der Waals surface area contributed by atoms with Gasteiger partial charge in [-0.25, -0.2) is 0 Å². The number of hydrogen-bond acceptors (Lipinski definition) is 2. The van der Waals surface area contributed by atoms with Gasteiger partial charge in [0.2, 0.25) is 0 Å². The smallest absolute Gasteiger partial charge is 0.0583 e. The van der Waals surface area contributed by atoms with Gasteiger partial charge in [0.25, 0.3) is 0 Å². The highest BCUT2D eigenvalue weighted by Gasteiger charge is 2.35. The average Bonchev–Trinajstić information content (AvgIpc) is 2.40. The van der Waals surface area contributed by atoms with E-state index in [9.17, 15) is 5.11 Å². The van der Waals surface area contributed by atoms with E-state index in [0.29, 0.717) is 12.0 Å². The second kappa shape index (κ2) is 6.91. The van der Waals surface area contributed by atoms with Crippen LogP contribution < -0.4 is 0 Å². The van der Waals surface area contributed by atoms with Crippen molar-refractivity contribution in [3.63, 3.8) is 0 Å². The van der Waals surface area contributed by atoms with Gasteiger partial charge in [-0.2, -0.15) is 0 Å². The summed E-state index contributed by atoms with van der Waals surface area (Å²) in [5.41, 5.74) is 0. The van der Waals surface area contributed by atoms with Crippen molar-refractivity contribution in [1.82, 2.24) is 4.90 Å². The van der Waals surface area contributed by atoms with Crippen molar-refractivity contribution in [2.45, 2.75) is 77.4 Å². The topological polar surface area (TPSA) is 23.5 Å². The van der Waals surface area contributed by atoms with E-state index < -0.39 is 0 Å². The molecule has 106 valence electrons. The summed E-state index contributed by atoms with van der Waals surface area (Å²) in [5, 5.41) is 10.3. The zero-order chi connectivity index (χ0) is 13.0. The molecule has 1 saturated carbocycles. The van der Waals surface area contributed by atoms with Gasteiger partial charge < -0.3 is 5.11 Å². The maximum absolute atomic E-state index is 10.3. The van der Waals surface area contributed by atoms with Crippen LogP contribution in [0, 0.1) is 11.8 Å². The Morgan fingerprint density at radius 2 is 1.83 bits per heavy atom. The molecule has 1 aliphatic heterocycles. The lowest BCUT2D eigenvalue weighted by molar-refractivity contribution is -0.0101. The first-order valence-corrected chi connectivity index (χ1v) is 8.14. The van der Waals surface area contributed by atoms with Gasteiger partial charge in [0.1, 0.15) is 0 Å². The molecule has 4 atom stereocenters. The maximum atomic E-state index is 10.3. The van der Waals surface area contributed by atoms with Gasteiger partial charge >= 0.3 is 0 Å².